The molecule has 0 spiro atoms. The molecule has 0 heterocycles. The SMILES string of the molecule is CCNCc1ccc(-c2ccc(OC)cc2C)cc1F. The van der Waals surface area contributed by atoms with E-state index in [4.69, 9.17) is 4.74 Å². The number of methoxy groups -OCH3 is 1. The van der Waals surface area contributed by atoms with Crippen LogP contribution in [0.15, 0.2) is 36.4 Å². The topological polar surface area (TPSA) is 21.3 Å². The van der Waals surface area contributed by atoms with Gasteiger partial charge in [0.15, 0.2) is 0 Å². The lowest BCUT2D eigenvalue weighted by Crippen LogP contribution is -2.12. The Hall–Kier alpha value is -1.87. The van der Waals surface area contributed by atoms with Gasteiger partial charge in [-0.25, -0.2) is 4.39 Å². The van der Waals surface area contributed by atoms with Crippen LogP contribution in [0.2, 0.25) is 0 Å². The summed E-state index contributed by atoms with van der Waals surface area (Å²) in [6, 6.07) is 11.2. The second-order valence-corrected chi connectivity index (χ2v) is 4.77. The summed E-state index contributed by atoms with van der Waals surface area (Å²) >= 11 is 0. The molecule has 0 unspecified atom stereocenters. The maximum absolute atomic E-state index is 14.1. The van der Waals surface area contributed by atoms with Crippen molar-refractivity contribution >= 4 is 0 Å². The van der Waals surface area contributed by atoms with Crippen LogP contribution in [-0.2, 0) is 6.54 Å². The second-order valence-electron chi connectivity index (χ2n) is 4.77. The van der Waals surface area contributed by atoms with Crippen molar-refractivity contribution in [1.29, 1.82) is 0 Å². The van der Waals surface area contributed by atoms with E-state index in [0.717, 1.165) is 29.0 Å². The van der Waals surface area contributed by atoms with Crippen LogP contribution >= 0.6 is 0 Å². The molecule has 2 rings (SSSR count). The lowest BCUT2D eigenvalue weighted by atomic mass is 9.99. The van der Waals surface area contributed by atoms with E-state index < -0.39 is 0 Å². The quantitative estimate of drug-likeness (QED) is 0.891. The van der Waals surface area contributed by atoms with Gasteiger partial charge in [-0.3, -0.25) is 0 Å². The smallest absolute Gasteiger partial charge is 0.128 e. The van der Waals surface area contributed by atoms with E-state index in [9.17, 15) is 4.39 Å². The predicted octanol–water partition coefficient (Wildman–Crippen LogP) is 3.92. The Kier molecular flexibility index (Phi) is 4.74. The highest BCUT2D eigenvalue weighted by molar-refractivity contribution is 5.68. The average Bonchev–Trinajstić information content (AvgIpc) is 2.46. The largest absolute Gasteiger partial charge is 0.497 e. The standard InChI is InChI=1S/C17H20FNO/c1-4-19-11-14-6-5-13(10-17(14)18)16-8-7-15(20-3)9-12(16)2/h5-10,19H,4,11H2,1-3H3. The summed E-state index contributed by atoms with van der Waals surface area (Å²) in [4.78, 5) is 0. The molecule has 0 fully saturated rings. The predicted molar refractivity (Wildman–Crippen MR) is 80.5 cm³/mol. The van der Waals surface area contributed by atoms with Gasteiger partial charge in [0, 0.05) is 12.1 Å². The molecule has 0 saturated heterocycles. The second kappa shape index (κ2) is 6.53. The molecular formula is C17H20FNO. The fraction of sp³-hybridized carbons (Fsp3) is 0.294. The van der Waals surface area contributed by atoms with Crippen LogP contribution < -0.4 is 10.1 Å². The molecule has 1 N–H and O–H groups in total. The van der Waals surface area contributed by atoms with E-state index in [1.165, 1.54) is 0 Å². The number of hydrogen-bond donors (Lipinski definition) is 1. The van der Waals surface area contributed by atoms with E-state index in [1.807, 2.05) is 44.2 Å². The van der Waals surface area contributed by atoms with Crippen molar-refractivity contribution in [1.82, 2.24) is 5.32 Å². The summed E-state index contributed by atoms with van der Waals surface area (Å²) < 4.78 is 19.3. The Bertz CT molecular complexity index is 596. The summed E-state index contributed by atoms with van der Waals surface area (Å²) in [6.45, 7) is 5.40. The first kappa shape index (κ1) is 14.5. The lowest BCUT2D eigenvalue weighted by molar-refractivity contribution is 0.414. The molecule has 0 aliphatic rings. The Morgan fingerprint density at radius 2 is 1.95 bits per heavy atom. The highest BCUT2D eigenvalue weighted by atomic mass is 19.1. The summed E-state index contributed by atoms with van der Waals surface area (Å²) in [7, 11) is 1.64. The summed E-state index contributed by atoms with van der Waals surface area (Å²) in [5.74, 6) is 0.647. The summed E-state index contributed by atoms with van der Waals surface area (Å²) in [6.07, 6.45) is 0. The molecule has 0 aromatic heterocycles. The van der Waals surface area contributed by atoms with E-state index in [-0.39, 0.29) is 5.82 Å². The van der Waals surface area contributed by atoms with Crippen LogP contribution in [0.4, 0.5) is 4.39 Å². The van der Waals surface area contributed by atoms with Gasteiger partial charge >= 0.3 is 0 Å². The van der Waals surface area contributed by atoms with E-state index >= 15 is 0 Å². The number of aryl methyl sites for hydroxylation is 1. The molecule has 2 nitrogen and oxygen atoms in total. The number of ether oxygens (including phenoxy) is 1. The number of hydrogen-bond acceptors (Lipinski definition) is 2. The maximum Gasteiger partial charge on any atom is 0.128 e. The van der Waals surface area contributed by atoms with Crippen molar-refractivity contribution in [3.8, 4) is 16.9 Å². The number of rotatable bonds is 5. The fourth-order valence-corrected chi connectivity index (χ4v) is 2.20. The molecule has 0 radical (unpaired) electrons. The molecule has 0 aliphatic heterocycles. The van der Waals surface area contributed by atoms with Crippen LogP contribution in [0.1, 0.15) is 18.1 Å². The Labute approximate surface area is 119 Å². The molecule has 0 saturated carbocycles. The summed E-state index contributed by atoms with van der Waals surface area (Å²) in [5, 5.41) is 3.13. The monoisotopic (exact) mass is 273 g/mol. The minimum atomic E-state index is -0.168. The fourth-order valence-electron chi connectivity index (χ4n) is 2.20. The van der Waals surface area contributed by atoms with Crippen molar-refractivity contribution in [3.05, 3.63) is 53.3 Å². The van der Waals surface area contributed by atoms with Crippen LogP contribution in [-0.4, -0.2) is 13.7 Å². The third kappa shape index (κ3) is 3.17. The first-order valence-electron chi connectivity index (χ1n) is 6.80. The zero-order chi connectivity index (χ0) is 14.5. The Balaban J connectivity index is 2.31. The lowest BCUT2D eigenvalue weighted by Gasteiger charge is -2.10. The first-order chi connectivity index (χ1) is 9.65. The van der Waals surface area contributed by atoms with E-state index in [2.05, 4.69) is 5.32 Å². The Morgan fingerprint density at radius 1 is 1.15 bits per heavy atom. The normalized spacial score (nSPS) is 10.6. The van der Waals surface area contributed by atoms with Crippen molar-refractivity contribution in [2.45, 2.75) is 20.4 Å². The third-order valence-corrected chi connectivity index (χ3v) is 3.36. The van der Waals surface area contributed by atoms with Crippen LogP contribution in [0.25, 0.3) is 11.1 Å². The maximum atomic E-state index is 14.1. The van der Waals surface area contributed by atoms with Gasteiger partial charge in [0.25, 0.3) is 0 Å². The van der Waals surface area contributed by atoms with E-state index in [1.54, 1.807) is 13.2 Å². The van der Waals surface area contributed by atoms with Gasteiger partial charge in [0.1, 0.15) is 11.6 Å². The number of nitrogens with one attached hydrogen (secondary N) is 1. The van der Waals surface area contributed by atoms with Crippen molar-refractivity contribution in [2.24, 2.45) is 0 Å². The van der Waals surface area contributed by atoms with Gasteiger partial charge in [-0.05, 0) is 48.4 Å². The van der Waals surface area contributed by atoms with Crippen molar-refractivity contribution in [3.63, 3.8) is 0 Å². The minimum absolute atomic E-state index is 0.168. The van der Waals surface area contributed by atoms with Gasteiger partial charge in [-0.15, -0.1) is 0 Å². The molecule has 20 heavy (non-hydrogen) atoms. The Morgan fingerprint density at radius 3 is 2.55 bits per heavy atom. The molecular weight excluding hydrogens is 253 g/mol. The molecule has 106 valence electrons. The zero-order valence-corrected chi connectivity index (χ0v) is 12.2. The van der Waals surface area contributed by atoms with Gasteiger partial charge in [0.05, 0.1) is 7.11 Å². The van der Waals surface area contributed by atoms with Gasteiger partial charge < -0.3 is 10.1 Å². The molecule has 3 heteroatoms. The van der Waals surface area contributed by atoms with Crippen molar-refractivity contribution in [2.75, 3.05) is 13.7 Å². The molecule has 2 aromatic rings. The molecule has 0 bridgehead atoms. The van der Waals surface area contributed by atoms with Crippen LogP contribution in [0.5, 0.6) is 5.75 Å². The number of benzene rings is 2. The molecule has 2 aromatic carbocycles. The van der Waals surface area contributed by atoms with Gasteiger partial charge in [-0.1, -0.05) is 25.1 Å². The van der Waals surface area contributed by atoms with Crippen molar-refractivity contribution < 1.29 is 9.13 Å². The molecule has 0 amide bonds. The third-order valence-electron chi connectivity index (χ3n) is 3.36. The summed E-state index contributed by atoms with van der Waals surface area (Å²) in [5.41, 5.74) is 3.69. The molecule has 0 atom stereocenters. The highest BCUT2D eigenvalue weighted by Crippen LogP contribution is 2.28. The first-order valence-corrected chi connectivity index (χ1v) is 6.80. The number of halogens is 1. The minimum Gasteiger partial charge on any atom is -0.497 e. The highest BCUT2D eigenvalue weighted by Gasteiger charge is 2.07. The van der Waals surface area contributed by atoms with E-state index in [0.29, 0.717) is 12.1 Å². The zero-order valence-electron chi connectivity index (χ0n) is 12.2. The van der Waals surface area contributed by atoms with Gasteiger partial charge in [-0.2, -0.15) is 0 Å². The van der Waals surface area contributed by atoms with Crippen LogP contribution in [0, 0.1) is 12.7 Å². The molecule has 0 aliphatic carbocycles. The average molecular weight is 273 g/mol. The van der Waals surface area contributed by atoms with Gasteiger partial charge in [0.2, 0.25) is 0 Å². The van der Waals surface area contributed by atoms with Crippen LogP contribution in [0.3, 0.4) is 0 Å².